The summed E-state index contributed by atoms with van der Waals surface area (Å²) in [6, 6.07) is 11.8. The fourth-order valence-corrected chi connectivity index (χ4v) is 2.66. The van der Waals surface area contributed by atoms with Crippen LogP contribution in [0.2, 0.25) is 0 Å². The molecule has 5 heteroatoms. The van der Waals surface area contributed by atoms with Crippen LogP contribution in [-0.4, -0.2) is 18.5 Å². The Hall–Kier alpha value is -2.14. The topological polar surface area (TPSA) is 55.4 Å². The van der Waals surface area contributed by atoms with Crippen molar-refractivity contribution in [1.29, 1.82) is 0 Å². The van der Waals surface area contributed by atoms with Crippen LogP contribution in [0, 0.1) is 6.92 Å². The molecule has 22 heavy (non-hydrogen) atoms. The third-order valence-electron chi connectivity index (χ3n) is 3.26. The summed E-state index contributed by atoms with van der Waals surface area (Å²) in [7, 11) is 0. The maximum absolute atomic E-state index is 11.7. The number of thiophene rings is 1. The van der Waals surface area contributed by atoms with Gasteiger partial charge in [0.25, 0.3) is 5.91 Å². The van der Waals surface area contributed by atoms with Crippen molar-refractivity contribution in [3.8, 4) is 0 Å². The number of carbonyl (C=O) groups excluding carboxylic acids is 2. The first-order chi connectivity index (χ1) is 10.6. The van der Waals surface area contributed by atoms with Crippen LogP contribution in [0.4, 0.5) is 0 Å². The minimum absolute atomic E-state index is 0.227. The Morgan fingerprint density at radius 2 is 2.00 bits per heavy atom. The van der Waals surface area contributed by atoms with Gasteiger partial charge in [-0.05, 0) is 35.9 Å². The van der Waals surface area contributed by atoms with E-state index in [4.69, 9.17) is 4.74 Å². The molecule has 1 N–H and O–H groups in total. The van der Waals surface area contributed by atoms with Gasteiger partial charge in [-0.3, -0.25) is 9.59 Å². The summed E-state index contributed by atoms with van der Waals surface area (Å²) < 4.78 is 4.97. The molecule has 0 atom stereocenters. The van der Waals surface area contributed by atoms with Crippen molar-refractivity contribution < 1.29 is 14.3 Å². The highest BCUT2D eigenvalue weighted by Crippen LogP contribution is 2.11. The summed E-state index contributed by atoms with van der Waals surface area (Å²) in [5.41, 5.74) is 2.18. The molecule has 0 radical (unpaired) electrons. The van der Waals surface area contributed by atoms with Crippen LogP contribution < -0.4 is 5.32 Å². The van der Waals surface area contributed by atoms with Gasteiger partial charge in [0.1, 0.15) is 0 Å². The monoisotopic (exact) mass is 317 g/mol. The molecule has 0 saturated heterocycles. The average Bonchev–Trinajstić information content (AvgIpc) is 3.03. The molecule has 2 rings (SSSR count). The SMILES string of the molecule is Cc1ccccc1CNC(=O)COC(=O)CCc1cccs1. The number of hydrogen-bond acceptors (Lipinski definition) is 4. The van der Waals surface area contributed by atoms with Gasteiger partial charge in [-0.15, -0.1) is 11.3 Å². The Morgan fingerprint density at radius 3 is 2.73 bits per heavy atom. The van der Waals surface area contributed by atoms with Crippen LogP contribution in [0.15, 0.2) is 41.8 Å². The van der Waals surface area contributed by atoms with Gasteiger partial charge in [0.05, 0.1) is 6.42 Å². The van der Waals surface area contributed by atoms with Crippen LogP contribution >= 0.6 is 11.3 Å². The van der Waals surface area contributed by atoms with Crippen molar-refractivity contribution in [3.63, 3.8) is 0 Å². The molecule has 0 spiro atoms. The molecule has 0 fully saturated rings. The number of hydrogen-bond donors (Lipinski definition) is 1. The van der Waals surface area contributed by atoms with E-state index in [0.717, 1.165) is 16.0 Å². The van der Waals surface area contributed by atoms with E-state index in [-0.39, 0.29) is 18.5 Å². The van der Waals surface area contributed by atoms with Crippen molar-refractivity contribution >= 4 is 23.2 Å². The van der Waals surface area contributed by atoms with Gasteiger partial charge >= 0.3 is 5.97 Å². The Labute approximate surface area is 134 Å². The standard InChI is InChI=1S/C17H19NO3S/c1-13-5-2-3-6-14(13)11-18-16(19)12-21-17(20)9-8-15-7-4-10-22-15/h2-7,10H,8-9,11-12H2,1H3,(H,18,19). The lowest BCUT2D eigenvalue weighted by Gasteiger charge is -2.08. The van der Waals surface area contributed by atoms with Gasteiger partial charge in [0.2, 0.25) is 0 Å². The lowest BCUT2D eigenvalue weighted by Crippen LogP contribution is -2.28. The summed E-state index contributed by atoms with van der Waals surface area (Å²) in [4.78, 5) is 24.4. The molecule has 0 unspecified atom stereocenters. The highest BCUT2D eigenvalue weighted by molar-refractivity contribution is 7.09. The van der Waals surface area contributed by atoms with E-state index in [0.29, 0.717) is 19.4 Å². The largest absolute Gasteiger partial charge is 0.456 e. The first-order valence-corrected chi connectivity index (χ1v) is 8.02. The van der Waals surface area contributed by atoms with Gasteiger partial charge in [-0.1, -0.05) is 30.3 Å². The van der Waals surface area contributed by atoms with Gasteiger partial charge < -0.3 is 10.1 Å². The second-order valence-corrected chi connectivity index (χ2v) is 5.98. The molecule has 0 aliphatic rings. The summed E-state index contributed by atoms with van der Waals surface area (Å²) in [6.07, 6.45) is 0.951. The van der Waals surface area contributed by atoms with Crippen LogP contribution in [-0.2, 0) is 27.3 Å². The van der Waals surface area contributed by atoms with E-state index >= 15 is 0 Å². The van der Waals surface area contributed by atoms with E-state index in [1.54, 1.807) is 11.3 Å². The molecule has 1 aromatic heterocycles. The molecule has 0 aliphatic heterocycles. The quantitative estimate of drug-likeness (QED) is 0.799. The molecule has 0 saturated carbocycles. The minimum Gasteiger partial charge on any atom is -0.456 e. The second kappa shape index (κ2) is 8.34. The van der Waals surface area contributed by atoms with Crippen LogP contribution in [0.3, 0.4) is 0 Å². The van der Waals surface area contributed by atoms with Crippen LogP contribution in [0.5, 0.6) is 0 Å². The molecule has 2 aromatic rings. The Bertz CT molecular complexity index is 623. The summed E-state index contributed by atoms with van der Waals surface area (Å²) in [6.45, 7) is 2.21. The molecule has 0 bridgehead atoms. The highest BCUT2D eigenvalue weighted by Gasteiger charge is 2.08. The lowest BCUT2D eigenvalue weighted by atomic mass is 10.1. The van der Waals surface area contributed by atoms with E-state index in [1.165, 1.54) is 0 Å². The molecule has 4 nitrogen and oxygen atoms in total. The van der Waals surface area contributed by atoms with Gasteiger partial charge in [0, 0.05) is 11.4 Å². The summed E-state index contributed by atoms with van der Waals surface area (Å²) in [5, 5.41) is 4.72. The molecular formula is C17H19NO3S. The number of esters is 1. The number of ether oxygens (including phenoxy) is 1. The molecule has 1 heterocycles. The van der Waals surface area contributed by atoms with Gasteiger partial charge in [-0.2, -0.15) is 0 Å². The Balaban J connectivity index is 1.65. The predicted molar refractivity (Wildman–Crippen MR) is 86.6 cm³/mol. The van der Waals surface area contributed by atoms with E-state index in [2.05, 4.69) is 5.32 Å². The zero-order valence-electron chi connectivity index (χ0n) is 12.5. The third-order valence-corrected chi connectivity index (χ3v) is 4.19. The van der Waals surface area contributed by atoms with E-state index in [9.17, 15) is 9.59 Å². The number of rotatable bonds is 7. The van der Waals surface area contributed by atoms with Crippen molar-refractivity contribution in [1.82, 2.24) is 5.32 Å². The molecule has 1 aromatic carbocycles. The zero-order valence-corrected chi connectivity index (χ0v) is 13.3. The van der Waals surface area contributed by atoms with Crippen molar-refractivity contribution in [2.75, 3.05) is 6.61 Å². The number of carbonyl (C=O) groups is 2. The van der Waals surface area contributed by atoms with E-state index < -0.39 is 0 Å². The van der Waals surface area contributed by atoms with E-state index in [1.807, 2.05) is 48.7 Å². The summed E-state index contributed by atoms with van der Waals surface area (Å²) >= 11 is 1.61. The Morgan fingerprint density at radius 1 is 1.18 bits per heavy atom. The predicted octanol–water partition coefficient (Wildman–Crippen LogP) is 2.85. The zero-order chi connectivity index (χ0) is 15.8. The fraction of sp³-hybridized carbons (Fsp3) is 0.294. The number of amides is 1. The maximum atomic E-state index is 11.7. The smallest absolute Gasteiger partial charge is 0.306 e. The first kappa shape index (κ1) is 16.2. The average molecular weight is 317 g/mol. The van der Waals surface area contributed by atoms with Crippen molar-refractivity contribution in [2.24, 2.45) is 0 Å². The first-order valence-electron chi connectivity index (χ1n) is 7.14. The van der Waals surface area contributed by atoms with Crippen molar-refractivity contribution in [2.45, 2.75) is 26.3 Å². The fourth-order valence-electron chi connectivity index (χ4n) is 1.95. The number of benzene rings is 1. The maximum Gasteiger partial charge on any atom is 0.306 e. The molecule has 0 aliphatic carbocycles. The Kier molecular flexibility index (Phi) is 6.15. The van der Waals surface area contributed by atoms with Gasteiger partial charge in [-0.25, -0.2) is 0 Å². The lowest BCUT2D eigenvalue weighted by molar-refractivity contribution is -0.148. The second-order valence-electron chi connectivity index (χ2n) is 4.94. The molecular weight excluding hydrogens is 298 g/mol. The highest BCUT2D eigenvalue weighted by atomic mass is 32.1. The molecule has 1 amide bonds. The minimum atomic E-state index is -0.348. The number of aryl methyl sites for hydroxylation is 2. The summed E-state index contributed by atoms with van der Waals surface area (Å²) in [5.74, 6) is -0.632. The number of nitrogens with one attached hydrogen (secondary N) is 1. The van der Waals surface area contributed by atoms with Crippen molar-refractivity contribution in [3.05, 3.63) is 57.8 Å². The van der Waals surface area contributed by atoms with Crippen LogP contribution in [0.1, 0.15) is 22.4 Å². The van der Waals surface area contributed by atoms with Crippen LogP contribution in [0.25, 0.3) is 0 Å². The normalized spacial score (nSPS) is 10.2. The van der Waals surface area contributed by atoms with Gasteiger partial charge in [0.15, 0.2) is 6.61 Å². The molecule has 116 valence electrons. The third kappa shape index (κ3) is 5.33.